The average molecular weight is 228 g/mol. The molecule has 1 aliphatic heterocycles. The number of nitrogens with two attached hydrogens (primary N) is 2. The lowest BCUT2D eigenvalue weighted by Gasteiger charge is -2.03. The molecule has 0 saturated carbocycles. The molecule has 0 spiro atoms. The maximum atomic E-state index is 11.4. The van der Waals surface area contributed by atoms with Crippen LogP contribution in [0, 0.1) is 0 Å². The topological polar surface area (TPSA) is 112 Å². The van der Waals surface area contributed by atoms with Crippen molar-refractivity contribution in [1.82, 2.24) is 9.97 Å². The van der Waals surface area contributed by atoms with Crippen LogP contribution in [0.2, 0.25) is 0 Å². The zero-order chi connectivity index (χ0) is 11.1. The molecule has 6 nitrogen and oxygen atoms in total. The molecule has 15 heavy (non-hydrogen) atoms. The predicted octanol–water partition coefficient (Wildman–Crippen LogP) is -1.01. The summed E-state index contributed by atoms with van der Waals surface area (Å²) in [6.07, 6.45) is 0.511. The third kappa shape index (κ3) is 1.93. The standard InChI is InChI=1S/C8H12N4O2S/c9-2-1-7-11-6-4-15(13,14)3-5(6)8(10)12-7/h1-4,9H2,(H2,10,11,12). The van der Waals surface area contributed by atoms with Gasteiger partial charge in [0.25, 0.3) is 0 Å². The molecule has 0 unspecified atom stereocenters. The Hall–Kier alpha value is -1.21. The van der Waals surface area contributed by atoms with E-state index < -0.39 is 9.84 Å². The Bertz CT molecular complexity index is 498. The Morgan fingerprint density at radius 2 is 2.00 bits per heavy atom. The first-order valence-electron chi connectivity index (χ1n) is 4.56. The van der Waals surface area contributed by atoms with Gasteiger partial charge in [0.2, 0.25) is 0 Å². The molecule has 0 fully saturated rings. The highest BCUT2D eigenvalue weighted by molar-refractivity contribution is 7.90. The summed E-state index contributed by atoms with van der Waals surface area (Å²) in [7, 11) is -3.07. The summed E-state index contributed by atoms with van der Waals surface area (Å²) >= 11 is 0. The fourth-order valence-corrected chi connectivity index (χ4v) is 3.11. The summed E-state index contributed by atoms with van der Waals surface area (Å²) in [5.41, 5.74) is 12.1. The molecule has 7 heteroatoms. The first-order chi connectivity index (χ1) is 7.02. The second kappa shape index (κ2) is 3.42. The van der Waals surface area contributed by atoms with Crippen molar-refractivity contribution in [2.45, 2.75) is 17.9 Å². The first kappa shape index (κ1) is 10.3. The summed E-state index contributed by atoms with van der Waals surface area (Å²) in [6.45, 7) is 0.422. The van der Waals surface area contributed by atoms with E-state index in [2.05, 4.69) is 9.97 Å². The molecule has 0 saturated heterocycles. The van der Waals surface area contributed by atoms with E-state index in [1.54, 1.807) is 0 Å². The van der Waals surface area contributed by atoms with E-state index in [-0.39, 0.29) is 17.3 Å². The van der Waals surface area contributed by atoms with Gasteiger partial charge in [0.1, 0.15) is 11.6 Å². The Morgan fingerprint density at radius 1 is 1.27 bits per heavy atom. The zero-order valence-electron chi connectivity index (χ0n) is 8.10. The third-order valence-corrected chi connectivity index (χ3v) is 3.70. The Labute approximate surface area is 87.6 Å². The van der Waals surface area contributed by atoms with Gasteiger partial charge in [-0.1, -0.05) is 0 Å². The Morgan fingerprint density at radius 3 is 2.67 bits per heavy atom. The molecule has 0 amide bonds. The minimum absolute atomic E-state index is 0.0351. The molecular weight excluding hydrogens is 216 g/mol. The smallest absolute Gasteiger partial charge is 0.160 e. The Kier molecular flexibility index (Phi) is 2.35. The lowest BCUT2D eigenvalue weighted by atomic mass is 10.2. The second-order valence-corrected chi connectivity index (χ2v) is 5.59. The molecule has 0 aromatic carbocycles. The summed E-state index contributed by atoms with van der Waals surface area (Å²) in [5.74, 6) is 0.708. The predicted molar refractivity (Wildman–Crippen MR) is 55.5 cm³/mol. The number of aromatic nitrogens is 2. The van der Waals surface area contributed by atoms with Gasteiger partial charge in [0.15, 0.2) is 9.84 Å². The number of anilines is 1. The molecule has 0 aliphatic carbocycles. The number of sulfone groups is 1. The number of nitrogens with zero attached hydrogens (tertiary/aromatic N) is 2. The van der Waals surface area contributed by atoms with Gasteiger partial charge in [-0.2, -0.15) is 0 Å². The molecule has 82 valence electrons. The number of hydrogen-bond donors (Lipinski definition) is 2. The highest BCUT2D eigenvalue weighted by Gasteiger charge is 2.29. The normalized spacial score (nSPS) is 17.7. The molecule has 0 atom stereocenters. The highest BCUT2D eigenvalue weighted by atomic mass is 32.2. The summed E-state index contributed by atoms with van der Waals surface area (Å²) in [4.78, 5) is 8.17. The fraction of sp³-hybridized carbons (Fsp3) is 0.500. The number of fused-ring (bicyclic) bond motifs is 1. The van der Waals surface area contributed by atoms with Crippen LogP contribution in [0.25, 0.3) is 0 Å². The van der Waals surface area contributed by atoms with Gasteiger partial charge < -0.3 is 11.5 Å². The quantitative estimate of drug-likeness (QED) is 0.670. The van der Waals surface area contributed by atoms with Crippen molar-refractivity contribution < 1.29 is 8.42 Å². The molecule has 1 aliphatic rings. The van der Waals surface area contributed by atoms with Crippen LogP contribution in [0.15, 0.2) is 0 Å². The molecule has 4 N–H and O–H groups in total. The second-order valence-electron chi connectivity index (χ2n) is 3.52. The maximum Gasteiger partial charge on any atom is 0.160 e. The van der Waals surface area contributed by atoms with Crippen molar-refractivity contribution in [3.8, 4) is 0 Å². The highest BCUT2D eigenvalue weighted by Crippen LogP contribution is 2.26. The molecule has 2 heterocycles. The van der Waals surface area contributed by atoms with E-state index in [1.165, 1.54) is 0 Å². The monoisotopic (exact) mass is 228 g/mol. The van der Waals surface area contributed by atoms with Gasteiger partial charge in [0.05, 0.1) is 17.2 Å². The van der Waals surface area contributed by atoms with Crippen molar-refractivity contribution in [2.75, 3.05) is 12.3 Å². The van der Waals surface area contributed by atoms with Crippen molar-refractivity contribution in [2.24, 2.45) is 5.73 Å². The van der Waals surface area contributed by atoms with E-state index in [0.29, 0.717) is 30.0 Å². The van der Waals surface area contributed by atoms with E-state index in [9.17, 15) is 8.42 Å². The SMILES string of the molecule is NCCc1nc(N)c2c(n1)CS(=O)(=O)C2. The minimum Gasteiger partial charge on any atom is -0.383 e. The summed E-state index contributed by atoms with van der Waals surface area (Å²) in [6, 6.07) is 0. The maximum absolute atomic E-state index is 11.4. The van der Waals surface area contributed by atoms with Gasteiger partial charge in [-0.05, 0) is 6.54 Å². The zero-order valence-corrected chi connectivity index (χ0v) is 8.92. The number of nitrogen functional groups attached to an aromatic ring is 1. The lowest BCUT2D eigenvalue weighted by Crippen LogP contribution is -2.10. The van der Waals surface area contributed by atoms with Crippen molar-refractivity contribution >= 4 is 15.7 Å². The van der Waals surface area contributed by atoms with Gasteiger partial charge in [-0.15, -0.1) is 0 Å². The van der Waals surface area contributed by atoms with Crippen LogP contribution >= 0.6 is 0 Å². The van der Waals surface area contributed by atoms with Gasteiger partial charge >= 0.3 is 0 Å². The molecule has 1 aromatic heterocycles. The van der Waals surface area contributed by atoms with Crippen LogP contribution in [0.4, 0.5) is 5.82 Å². The Balaban J connectivity index is 2.46. The summed E-state index contributed by atoms with van der Waals surface area (Å²) < 4.78 is 22.7. The van der Waals surface area contributed by atoms with Crippen LogP contribution in [0.5, 0.6) is 0 Å². The molecule has 0 radical (unpaired) electrons. The van der Waals surface area contributed by atoms with Crippen molar-refractivity contribution in [1.29, 1.82) is 0 Å². The molecule has 1 aromatic rings. The minimum atomic E-state index is -3.07. The van der Waals surface area contributed by atoms with Gasteiger partial charge in [0, 0.05) is 12.0 Å². The van der Waals surface area contributed by atoms with Crippen molar-refractivity contribution in [3.05, 3.63) is 17.1 Å². The molecule has 0 bridgehead atoms. The van der Waals surface area contributed by atoms with Crippen LogP contribution in [-0.4, -0.2) is 24.9 Å². The van der Waals surface area contributed by atoms with Crippen LogP contribution in [0.3, 0.4) is 0 Å². The largest absolute Gasteiger partial charge is 0.383 e. The number of hydrogen-bond acceptors (Lipinski definition) is 6. The van der Waals surface area contributed by atoms with E-state index in [0.717, 1.165) is 0 Å². The van der Waals surface area contributed by atoms with Gasteiger partial charge in [-0.3, -0.25) is 0 Å². The average Bonchev–Trinajstić information content (AvgIpc) is 2.41. The van der Waals surface area contributed by atoms with Crippen LogP contribution < -0.4 is 11.5 Å². The fourth-order valence-electron chi connectivity index (χ4n) is 1.60. The molecular formula is C8H12N4O2S. The first-order valence-corrected chi connectivity index (χ1v) is 6.38. The van der Waals surface area contributed by atoms with Crippen LogP contribution in [0.1, 0.15) is 17.1 Å². The molecule has 2 rings (SSSR count). The lowest BCUT2D eigenvalue weighted by molar-refractivity contribution is 0.597. The van der Waals surface area contributed by atoms with Crippen molar-refractivity contribution in [3.63, 3.8) is 0 Å². The van der Waals surface area contributed by atoms with E-state index >= 15 is 0 Å². The number of rotatable bonds is 2. The summed E-state index contributed by atoms with van der Waals surface area (Å²) in [5, 5.41) is 0. The van der Waals surface area contributed by atoms with E-state index in [1.807, 2.05) is 0 Å². The van der Waals surface area contributed by atoms with Crippen LogP contribution in [-0.2, 0) is 27.8 Å². The van der Waals surface area contributed by atoms with Gasteiger partial charge in [-0.25, -0.2) is 18.4 Å². The van der Waals surface area contributed by atoms with E-state index in [4.69, 9.17) is 11.5 Å². The third-order valence-electron chi connectivity index (χ3n) is 2.26.